The molecule has 3 rings (SSSR count). The fourth-order valence-electron chi connectivity index (χ4n) is 3.24. The quantitative estimate of drug-likeness (QED) is 0.315. The van der Waals surface area contributed by atoms with Crippen LogP contribution in [0.15, 0.2) is 35.0 Å². The molecule has 2 heterocycles. The number of thiocarbonyl (C=S) groups is 1. The number of carbonyl (C=O) groups excluding carboxylic acids is 1. The van der Waals surface area contributed by atoms with Crippen LogP contribution in [0.3, 0.4) is 0 Å². The highest BCUT2D eigenvalue weighted by Gasteiger charge is 2.34. The maximum absolute atomic E-state index is 12.3. The van der Waals surface area contributed by atoms with E-state index >= 15 is 0 Å². The molecular formula is C21H27N3O5S. The van der Waals surface area contributed by atoms with Gasteiger partial charge in [-0.25, -0.2) is 4.79 Å². The first-order valence-electron chi connectivity index (χ1n) is 9.47. The highest BCUT2D eigenvalue weighted by molar-refractivity contribution is 7.80. The topological polar surface area (TPSA) is 105 Å². The molecule has 0 spiro atoms. The molecular weight excluding hydrogens is 406 g/mol. The molecule has 9 heteroatoms. The molecule has 0 radical (unpaired) electrons. The third-order valence-electron chi connectivity index (χ3n) is 4.73. The second-order valence-electron chi connectivity index (χ2n) is 6.54. The number of methoxy groups -OCH3 is 3. The fraction of sp³-hybridized carbons (Fsp3) is 0.429. The van der Waals surface area contributed by atoms with Crippen molar-refractivity contribution in [1.29, 1.82) is 0 Å². The number of rotatable bonds is 4. The number of nitrogens with zero attached hydrogens (tertiary/aromatic N) is 1. The molecule has 1 unspecified atom stereocenters. The minimum atomic E-state index is -0.629. The van der Waals surface area contributed by atoms with Gasteiger partial charge in [-0.3, -0.25) is 5.87 Å². The summed E-state index contributed by atoms with van der Waals surface area (Å²) in [4.78, 5) is 12.6. The molecule has 0 aliphatic carbocycles. The lowest BCUT2D eigenvalue weighted by Gasteiger charge is -2.30. The van der Waals surface area contributed by atoms with Crippen molar-refractivity contribution in [2.45, 2.75) is 12.8 Å². The monoisotopic (exact) mass is 433 g/mol. The summed E-state index contributed by atoms with van der Waals surface area (Å²) in [7, 11) is 4.35. The lowest BCUT2D eigenvalue weighted by atomic mass is 9.81. The van der Waals surface area contributed by atoms with Crippen molar-refractivity contribution in [2.75, 3.05) is 47.6 Å². The number of hydrogen-bond acceptors (Lipinski definition) is 6. The highest BCUT2D eigenvalue weighted by atomic mass is 32.1. The van der Waals surface area contributed by atoms with Crippen LogP contribution >= 0.6 is 12.2 Å². The molecule has 1 atom stereocenters. The maximum atomic E-state index is 12.3. The second-order valence-corrected chi connectivity index (χ2v) is 6.94. The van der Waals surface area contributed by atoms with Gasteiger partial charge in [-0.1, -0.05) is 18.3 Å². The predicted octanol–water partition coefficient (Wildman–Crippen LogP) is 0.911. The van der Waals surface area contributed by atoms with Crippen LogP contribution in [0.4, 0.5) is 0 Å². The summed E-state index contributed by atoms with van der Waals surface area (Å²) in [6.45, 7) is 5.92. The Morgan fingerprint density at radius 1 is 1.23 bits per heavy atom. The Labute approximate surface area is 181 Å². The van der Waals surface area contributed by atoms with Crippen LogP contribution in [0.5, 0.6) is 11.5 Å². The van der Waals surface area contributed by atoms with Gasteiger partial charge in [0.1, 0.15) is 4.99 Å². The normalized spacial score (nSPS) is 18.5. The van der Waals surface area contributed by atoms with E-state index < -0.39 is 11.9 Å². The number of allylic oxidation sites excluding steroid dienone is 1. The fourth-order valence-corrected chi connectivity index (χ4v) is 3.56. The van der Waals surface area contributed by atoms with Crippen molar-refractivity contribution >= 4 is 29.0 Å². The Balaban J connectivity index is 0.000000456. The average molecular weight is 434 g/mol. The van der Waals surface area contributed by atoms with Gasteiger partial charge in [0.25, 0.3) is 0 Å². The molecule has 162 valence electrons. The van der Waals surface area contributed by atoms with Gasteiger partial charge in [0, 0.05) is 11.3 Å². The molecule has 1 fully saturated rings. The SMILES string of the molecule is C1COCC[NH2+]1.COC(=O)C1=C(C)NC(=S)C(=C=[N-])C1c1ccc(OC)c(OC)c1. The van der Waals surface area contributed by atoms with Crippen LogP contribution in [0.25, 0.3) is 5.41 Å². The first-order valence-corrected chi connectivity index (χ1v) is 9.88. The summed E-state index contributed by atoms with van der Waals surface area (Å²) in [5, 5.41) is 14.7. The van der Waals surface area contributed by atoms with Gasteiger partial charge >= 0.3 is 5.97 Å². The Hall–Kier alpha value is -2.71. The Kier molecular flexibility index (Phi) is 9.01. The summed E-state index contributed by atoms with van der Waals surface area (Å²) in [5.41, 5.74) is 1.87. The lowest BCUT2D eigenvalue weighted by Crippen LogP contribution is -2.87. The number of hydrogen-bond donors (Lipinski definition) is 2. The molecule has 0 amide bonds. The van der Waals surface area contributed by atoms with Crippen molar-refractivity contribution in [2.24, 2.45) is 0 Å². The molecule has 0 bridgehead atoms. The van der Waals surface area contributed by atoms with Gasteiger partial charge in [0.05, 0.1) is 59.1 Å². The molecule has 30 heavy (non-hydrogen) atoms. The van der Waals surface area contributed by atoms with E-state index in [0.29, 0.717) is 33.3 Å². The molecule has 1 aromatic rings. The molecule has 1 saturated heterocycles. The van der Waals surface area contributed by atoms with E-state index in [1.54, 1.807) is 25.1 Å². The first kappa shape index (κ1) is 23.6. The third kappa shape index (κ3) is 5.46. The molecule has 2 aliphatic heterocycles. The summed E-state index contributed by atoms with van der Waals surface area (Å²) in [6.07, 6.45) is 0. The van der Waals surface area contributed by atoms with Crippen LogP contribution in [-0.2, 0) is 14.3 Å². The van der Waals surface area contributed by atoms with Gasteiger partial charge in [0.15, 0.2) is 11.5 Å². The molecule has 0 aromatic heterocycles. The lowest BCUT2D eigenvalue weighted by molar-refractivity contribution is -0.670. The van der Waals surface area contributed by atoms with Gasteiger partial charge in [-0.05, 0) is 24.6 Å². The van der Waals surface area contributed by atoms with Crippen molar-refractivity contribution in [3.8, 4) is 11.5 Å². The summed E-state index contributed by atoms with van der Waals surface area (Å²) in [5.74, 6) is 2.00. The number of ether oxygens (including phenoxy) is 4. The van der Waals surface area contributed by atoms with Crippen molar-refractivity contribution in [1.82, 2.24) is 5.32 Å². The Morgan fingerprint density at radius 3 is 2.37 bits per heavy atom. The van der Waals surface area contributed by atoms with Crippen LogP contribution in [0.1, 0.15) is 18.4 Å². The number of morpholine rings is 1. The summed E-state index contributed by atoms with van der Waals surface area (Å²) >= 11 is 5.25. The van der Waals surface area contributed by atoms with Crippen LogP contribution in [-0.4, -0.2) is 64.5 Å². The van der Waals surface area contributed by atoms with Crippen LogP contribution in [0.2, 0.25) is 0 Å². The largest absolute Gasteiger partial charge is 0.763 e. The van der Waals surface area contributed by atoms with E-state index in [0.717, 1.165) is 26.3 Å². The smallest absolute Gasteiger partial charge is 0.336 e. The van der Waals surface area contributed by atoms with E-state index in [-0.39, 0.29) is 5.57 Å². The minimum Gasteiger partial charge on any atom is -0.763 e. The zero-order valence-corrected chi connectivity index (χ0v) is 18.4. The van der Waals surface area contributed by atoms with E-state index in [4.69, 9.17) is 31.2 Å². The first-order chi connectivity index (χ1) is 14.5. The zero-order valence-electron chi connectivity index (χ0n) is 17.6. The summed E-state index contributed by atoms with van der Waals surface area (Å²) in [6, 6.07) is 5.22. The molecule has 8 nitrogen and oxygen atoms in total. The number of esters is 1. The molecule has 2 aliphatic rings. The number of quaternary nitrogens is 1. The van der Waals surface area contributed by atoms with Crippen molar-refractivity contribution in [3.05, 3.63) is 46.0 Å². The van der Waals surface area contributed by atoms with Gasteiger partial charge < -0.3 is 35.0 Å². The maximum Gasteiger partial charge on any atom is 0.336 e. The van der Waals surface area contributed by atoms with E-state index in [1.165, 1.54) is 21.3 Å². The van der Waals surface area contributed by atoms with Gasteiger partial charge in [-0.15, -0.1) is 0 Å². The zero-order chi connectivity index (χ0) is 22.1. The number of nitrogens with two attached hydrogens (primary N) is 1. The average Bonchev–Trinajstić information content (AvgIpc) is 2.79. The highest BCUT2D eigenvalue weighted by Crippen LogP contribution is 2.39. The van der Waals surface area contributed by atoms with Crippen molar-refractivity contribution in [3.63, 3.8) is 0 Å². The minimum absolute atomic E-state index is 0.281. The Bertz CT molecular complexity index is 862. The van der Waals surface area contributed by atoms with E-state index in [2.05, 4.69) is 16.5 Å². The molecule has 3 N–H and O–H groups in total. The van der Waals surface area contributed by atoms with E-state index in [9.17, 15) is 10.2 Å². The molecule has 1 aromatic carbocycles. The predicted molar refractivity (Wildman–Crippen MR) is 117 cm³/mol. The van der Waals surface area contributed by atoms with Gasteiger partial charge in [0.2, 0.25) is 0 Å². The van der Waals surface area contributed by atoms with Crippen molar-refractivity contribution < 1.29 is 29.1 Å². The van der Waals surface area contributed by atoms with Gasteiger partial charge in [-0.2, -0.15) is 0 Å². The summed E-state index contributed by atoms with van der Waals surface area (Å²) < 4.78 is 20.5. The van der Waals surface area contributed by atoms with E-state index in [1.807, 2.05) is 0 Å². The standard InChI is InChI=1S/C17H17N2O4S.C4H9NO/c1-9-14(17(20)23-4)15(11(8-18)16(24)19-9)10-5-6-12(21-2)13(7-10)22-3;1-3-6-4-2-5-1/h5-7,15H,1-4H3,(H,19,24);5H,1-4H2/q-1;/p+1. The number of benzene rings is 1. The number of nitrogens with one attached hydrogen (secondary N) is 1. The molecule has 0 saturated carbocycles. The third-order valence-corrected chi connectivity index (χ3v) is 5.05. The number of carbonyl (C=O) groups is 1. The van der Waals surface area contributed by atoms with Crippen LogP contribution in [0, 0.1) is 0 Å². The second kappa shape index (κ2) is 11.5. The Morgan fingerprint density at radius 2 is 1.90 bits per heavy atom. The van der Waals surface area contributed by atoms with Crippen LogP contribution < -0.4 is 20.1 Å².